The first-order valence-corrected chi connectivity index (χ1v) is 17.2. The molecular weight excluding hydrogens is 632 g/mol. The number of nitrogens with one attached hydrogen (secondary N) is 1. The number of rotatable bonds is 8. The molecule has 5 aliphatic rings. The van der Waals surface area contributed by atoms with Crippen molar-refractivity contribution in [1.82, 2.24) is 0 Å². The van der Waals surface area contributed by atoms with Crippen LogP contribution < -0.4 is 10.1 Å². The maximum Gasteiger partial charge on any atom is 0.193 e. The number of hydrogen-bond donors (Lipinski definition) is 3. The van der Waals surface area contributed by atoms with Crippen LogP contribution in [-0.4, -0.2) is 71.2 Å². The molecule has 262 valence electrons. The Kier molecular flexibility index (Phi) is 8.21. The van der Waals surface area contributed by atoms with Crippen molar-refractivity contribution in [1.29, 1.82) is 0 Å². The summed E-state index contributed by atoms with van der Waals surface area (Å²) in [5, 5.41) is 25.3. The summed E-state index contributed by atoms with van der Waals surface area (Å²) in [5.74, 6) is -1.86. The lowest BCUT2D eigenvalue weighted by Gasteiger charge is -2.63. The third-order valence-electron chi connectivity index (χ3n) is 12.3. The van der Waals surface area contributed by atoms with Gasteiger partial charge in [0.15, 0.2) is 29.1 Å². The third kappa shape index (κ3) is 4.81. The van der Waals surface area contributed by atoms with Gasteiger partial charge in [0.25, 0.3) is 0 Å². The zero-order valence-corrected chi connectivity index (χ0v) is 28.5. The first kappa shape index (κ1) is 34.0. The molecule has 10 atom stereocenters. The van der Waals surface area contributed by atoms with Gasteiger partial charge in [-0.1, -0.05) is 43.3 Å². The van der Waals surface area contributed by atoms with Gasteiger partial charge in [-0.3, -0.25) is 9.59 Å². The van der Waals surface area contributed by atoms with Crippen LogP contribution >= 0.6 is 0 Å². The van der Waals surface area contributed by atoms with Crippen LogP contribution in [0.3, 0.4) is 0 Å². The van der Waals surface area contributed by atoms with Crippen LogP contribution in [0.5, 0.6) is 5.75 Å². The van der Waals surface area contributed by atoms with Crippen molar-refractivity contribution in [2.24, 2.45) is 22.7 Å². The topological polar surface area (TPSA) is 114 Å². The lowest BCUT2D eigenvalue weighted by molar-refractivity contribution is -0.235. The molecule has 0 radical (unpaired) electrons. The normalized spacial score (nSPS) is 39.1. The van der Waals surface area contributed by atoms with Gasteiger partial charge in [-0.2, -0.15) is 0 Å². The number of alkyl halides is 2. The molecule has 1 heterocycles. The van der Waals surface area contributed by atoms with Gasteiger partial charge in [-0.15, -0.1) is 0 Å². The zero-order chi connectivity index (χ0) is 35.1. The average Bonchev–Trinajstić information content (AvgIpc) is 3.57. The number of aliphatic hydroxyl groups is 2. The van der Waals surface area contributed by atoms with E-state index in [1.165, 1.54) is 12.2 Å². The Labute approximate surface area is 285 Å². The highest BCUT2D eigenvalue weighted by Crippen LogP contribution is 2.72. The van der Waals surface area contributed by atoms with E-state index in [1.54, 1.807) is 21.0 Å². The van der Waals surface area contributed by atoms with Crippen molar-refractivity contribution in [3.8, 4) is 5.75 Å². The van der Waals surface area contributed by atoms with Crippen LogP contribution in [-0.2, 0) is 25.5 Å². The summed E-state index contributed by atoms with van der Waals surface area (Å²) in [6, 6.07) is 14.0. The second-order valence-electron chi connectivity index (χ2n) is 15.2. The number of halogens is 2. The summed E-state index contributed by atoms with van der Waals surface area (Å²) in [7, 11) is 1.65. The number of fused-ring (bicyclic) bond motifs is 7. The number of benzene rings is 2. The Morgan fingerprint density at radius 1 is 1.10 bits per heavy atom. The van der Waals surface area contributed by atoms with Crippen LogP contribution in [0.25, 0.3) is 0 Å². The number of carbonyl (C=O) groups excluding carboxylic acids is 2. The second-order valence-corrected chi connectivity index (χ2v) is 15.2. The Morgan fingerprint density at radius 2 is 1.82 bits per heavy atom. The van der Waals surface area contributed by atoms with E-state index < -0.39 is 76.8 Å². The fourth-order valence-electron chi connectivity index (χ4n) is 10.0. The van der Waals surface area contributed by atoms with Crippen molar-refractivity contribution in [3.05, 3.63) is 83.0 Å². The van der Waals surface area contributed by atoms with Crippen LogP contribution in [0.1, 0.15) is 69.9 Å². The molecule has 10 heteroatoms. The van der Waals surface area contributed by atoms with E-state index in [2.05, 4.69) is 25.2 Å². The Morgan fingerprint density at radius 3 is 2.49 bits per heavy atom. The van der Waals surface area contributed by atoms with E-state index in [0.29, 0.717) is 12.0 Å². The maximum absolute atomic E-state index is 17.6. The monoisotopic (exact) mass is 677 g/mol. The number of ether oxygens (including phenoxy) is 3. The van der Waals surface area contributed by atoms with Crippen molar-refractivity contribution >= 4 is 17.3 Å². The average molecular weight is 678 g/mol. The molecule has 0 bridgehead atoms. The van der Waals surface area contributed by atoms with Crippen molar-refractivity contribution in [2.75, 3.05) is 19.0 Å². The highest BCUT2D eigenvalue weighted by atomic mass is 19.1. The smallest absolute Gasteiger partial charge is 0.193 e. The Bertz CT molecular complexity index is 1730. The van der Waals surface area contributed by atoms with Gasteiger partial charge in [0.2, 0.25) is 0 Å². The van der Waals surface area contributed by atoms with Gasteiger partial charge < -0.3 is 29.7 Å². The first-order valence-electron chi connectivity index (χ1n) is 17.2. The molecule has 49 heavy (non-hydrogen) atoms. The molecule has 3 N–H and O–H groups in total. The molecule has 4 aliphatic carbocycles. The van der Waals surface area contributed by atoms with E-state index in [9.17, 15) is 19.8 Å². The van der Waals surface area contributed by atoms with Crippen LogP contribution in [0.4, 0.5) is 14.5 Å². The SMILES string of the molecule is COc1cc(Cc2ccc(C3O[C@@H]4C[C@H]5[C@@H]6C[C@H](F)C7=CC(=O)C=C[C@]7(C)[C@@]6(F)[C@@H](O)C[C@]5(C)[C@]4(C(=O)CO)O3)cc2)ccc1NC(C)C. The van der Waals surface area contributed by atoms with Crippen molar-refractivity contribution < 1.29 is 42.8 Å². The van der Waals surface area contributed by atoms with Gasteiger partial charge in [0.05, 0.1) is 25.0 Å². The van der Waals surface area contributed by atoms with Crippen LogP contribution in [0.2, 0.25) is 0 Å². The van der Waals surface area contributed by atoms with E-state index in [4.69, 9.17) is 14.2 Å². The maximum atomic E-state index is 17.6. The molecule has 3 saturated carbocycles. The van der Waals surface area contributed by atoms with Crippen LogP contribution in [0, 0.1) is 22.7 Å². The molecule has 7 rings (SSSR count). The molecule has 0 aromatic heterocycles. The third-order valence-corrected chi connectivity index (χ3v) is 12.3. The molecule has 0 amide bonds. The first-order chi connectivity index (χ1) is 23.2. The predicted octanol–water partition coefficient (Wildman–Crippen LogP) is 5.75. The highest BCUT2D eigenvalue weighted by molar-refractivity contribution is 6.01. The molecular formula is C39H45F2NO7. The van der Waals surface area contributed by atoms with E-state index in [0.717, 1.165) is 28.6 Å². The molecule has 1 aliphatic heterocycles. The minimum Gasteiger partial charge on any atom is -0.495 e. The standard InChI is InChI=1S/C39H45F2NO7/c1-21(2)42-30-11-8-23(15-31(30)47-5)14-22-6-9-24(10-7-22)35-48-34-18-26-27-17-29(40)28-16-25(44)12-13-36(28,3)38(27,41)32(45)19-37(26,4)39(34,49-35)33(46)20-43/h6-13,15-16,21,26-27,29,32,34-35,42-43,45H,14,17-20H2,1-5H3/t26-,27-,29-,32-,34+,35?,36-,37-,38-,39+/m0/s1. The number of aliphatic hydroxyl groups excluding tert-OH is 2. The van der Waals surface area contributed by atoms with E-state index >= 15 is 8.78 Å². The van der Waals surface area contributed by atoms with Gasteiger partial charge in [-0.25, -0.2) is 8.78 Å². The fourth-order valence-corrected chi connectivity index (χ4v) is 10.0. The number of carbonyl (C=O) groups is 2. The number of hydrogen-bond acceptors (Lipinski definition) is 8. The minimum atomic E-state index is -2.30. The summed E-state index contributed by atoms with van der Waals surface area (Å²) in [5.41, 5.74) is -2.95. The van der Waals surface area contributed by atoms with Crippen LogP contribution in [0.15, 0.2) is 66.3 Å². The molecule has 8 nitrogen and oxygen atoms in total. The molecule has 0 spiro atoms. The van der Waals surface area contributed by atoms with Gasteiger partial charge in [-0.05, 0) is 93.4 Å². The van der Waals surface area contributed by atoms with Gasteiger partial charge in [0, 0.05) is 28.4 Å². The van der Waals surface area contributed by atoms with Crippen molar-refractivity contribution in [3.63, 3.8) is 0 Å². The number of ketones is 2. The van der Waals surface area contributed by atoms with E-state index in [1.807, 2.05) is 36.4 Å². The second kappa shape index (κ2) is 11.8. The summed E-state index contributed by atoms with van der Waals surface area (Å²) in [4.78, 5) is 26.0. The molecule has 4 fully saturated rings. The van der Waals surface area contributed by atoms with Gasteiger partial charge >= 0.3 is 0 Å². The molecule has 2 aromatic rings. The lowest BCUT2D eigenvalue weighted by Crippen LogP contribution is -2.70. The quantitative estimate of drug-likeness (QED) is 0.324. The van der Waals surface area contributed by atoms with Crippen molar-refractivity contribution in [2.45, 2.75) is 95.4 Å². The Hall–Kier alpha value is -3.44. The molecule has 2 aromatic carbocycles. The summed E-state index contributed by atoms with van der Waals surface area (Å²) in [6.45, 7) is 6.62. The van der Waals surface area contributed by atoms with Gasteiger partial charge in [0.1, 0.15) is 18.5 Å². The number of allylic oxidation sites excluding steroid dienone is 4. The fraction of sp³-hybridized carbons (Fsp3) is 0.538. The highest BCUT2D eigenvalue weighted by Gasteiger charge is 2.80. The molecule has 1 unspecified atom stereocenters. The number of anilines is 1. The zero-order valence-electron chi connectivity index (χ0n) is 28.5. The summed E-state index contributed by atoms with van der Waals surface area (Å²) in [6.07, 6.45) is -0.788. The molecule has 1 saturated heterocycles. The summed E-state index contributed by atoms with van der Waals surface area (Å²) < 4.78 is 52.2. The number of Topliss-reactive ketones (excluding diaryl/α,β-unsaturated/α-hetero) is 1. The largest absolute Gasteiger partial charge is 0.495 e. The minimum absolute atomic E-state index is 0.0380. The van der Waals surface area contributed by atoms with E-state index in [-0.39, 0.29) is 30.9 Å². The lowest BCUT2D eigenvalue weighted by atomic mass is 9.44. The Balaban J connectivity index is 1.16. The number of methoxy groups -OCH3 is 1. The summed E-state index contributed by atoms with van der Waals surface area (Å²) >= 11 is 0. The predicted molar refractivity (Wildman–Crippen MR) is 179 cm³/mol.